The first kappa shape index (κ1) is 13.8. The molecule has 0 aliphatic rings. The van der Waals surface area contributed by atoms with Gasteiger partial charge in [0.25, 0.3) is 0 Å². The first-order valence-corrected chi connectivity index (χ1v) is 7.36. The lowest BCUT2D eigenvalue weighted by Gasteiger charge is -2.31. The van der Waals surface area contributed by atoms with Crippen LogP contribution in [0.1, 0.15) is 33.1 Å². The molecule has 1 atom stereocenters. The molecule has 0 aliphatic carbocycles. The summed E-state index contributed by atoms with van der Waals surface area (Å²) in [4.78, 5) is 11.0. The highest BCUT2D eigenvalue weighted by atomic mass is 28.4. The predicted molar refractivity (Wildman–Crippen MR) is 59.6 cm³/mol. The number of hydrogen-bond donors (Lipinski definition) is 0. The standard InChI is InChI=1S/C10H22O3Si/c1-5-7-8-10(9-11)14(6-2,12-3)13-4/h9-10H,5-8H2,1-4H3. The third-order valence-electron chi connectivity index (χ3n) is 2.78. The van der Waals surface area contributed by atoms with Crippen molar-refractivity contribution in [3.8, 4) is 0 Å². The maximum atomic E-state index is 11.0. The molecule has 0 aromatic heterocycles. The Labute approximate surface area is 88.0 Å². The van der Waals surface area contributed by atoms with Crippen molar-refractivity contribution in [1.82, 2.24) is 0 Å². The molecule has 0 amide bonds. The number of rotatable bonds is 8. The molecule has 0 aromatic carbocycles. The zero-order chi connectivity index (χ0) is 11.0. The maximum Gasteiger partial charge on any atom is 0.347 e. The minimum Gasteiger partial charge on any atom is -0.397 e. The van der Waals surface area contributed by atoms with Gasteiger partial charge >= 0.3 is 8.56 Å². The van der Waals surface area contributed by atoms with Gasteiger partial charge in [0.2, 0.25) is 0 Å². The summed E-state index contributed by atoms with van der Waals surface area (Å²) in [6.07, 6.45) is 4.07. The second kappa shape index (κ2) is 7.15. The average Bonchev–Trinajstić information content (AvgIpc) is 2.25. The lowest BCUT2D eigenvalue weighted by atomic mass is 10.2. The Bertz CT molecular complexity index is 149. The van der Waals surface area contributed by atoms with Gasteiger partial charge in [-0.05, 0) is 12.5 Å². The number of carbonyl (C=O) groups excluding carboxylic acids is 1. The van der Waals surface area contributed by atoms with Gasteiger partial charge in [-0.25, -0.2) is 0 Å². The van der Waals surface area contributed by atoms with E-state index in [0.717, 1.165) is 31.6 Å². The maximum absolute atomic E-state index is 11.0. The summed E-state index contributed by atoms with van der Waals surface area (Å²) in [7, 11) is 1.06. The fraction of sp³-hybridized carbons (Fsp3) is 0.900. The van der Waals surface area contributed by atoms with Crippen LogP contribution in [-0.4, -0.2) is 29.1 Å². The van der Waals surface area contributed by atoms with E-state index < -0.39 is 8.56 Å². The van der Waals surface area contributed by atoms with Gasteiger partial charge in [-0.1, -0.05) is 26.7 Å². The summed E-state index contributed by atoms with van der Waals surface area (Å²) < 4.78 is 10.9. The van der Waals surface area contributed by atoms with E-state index in [4.69, 9.17) is 8.85 Å². The third-order valence-corrected chi connectivity index (χ3v) is 6.70. The van der Waals surface area contributed by atoms with Crippen LogP contribution in [0.2, 0.25) is 11.6 Å². The first-order chi connectivity index (χ1) is 6.70. The molecule has 0 aromatic rings. The van der Waals surface area contributed by atoms with E-state index in [1.54, 1.807) is 14.2 Å². The van der Waals surface area contributed by atoms with E-state index >= 15 is 0 Å². The Kier molecular flexibility index (Phi) is 7.05. The minimum atomic E-state index is -2.25. The first-order valence-electron chi connectivity index (χ1n) is 5.26. The van der Waals surface area contributed by atoms with Crippen molar-refractivity contribution in [3.63, 3.8) is 0 Å². The monoisotopic (exact) mass is 218 g/mol. The van der Waals surface area contributed by atoms with Gasteiger partial charge in [-0.15, -0.1) is 0 Å². The number of unbranched alkanes of at least 4 members (excludes halogenated alkanes) is 1. The van der Waals surface area contributed by atoms with E-state index in [9.17, 15) is 4.79 Å². The summed E-state index contributed by atoms with van der Waals surface area (Å²) >= 11 is 0. The largest absolute Gasteiger partial charge is 0.397 e. The van der Waals surface area contributed by atoms with E-state index in [-0.39, 0.29) is 5.54 Å². The van der Waals surface area contributed by atoms with Gasteiger partial charge in [0, 0.05) is 14.2 Å². The number of aldehydes is 1. The predicted octanol–water partition coefficient (Wildman–Crippen LogP) is 2.50. The average molecular weight is 218 g/mol. The normalized spacial score (nSPS) is 14.0. The molecule has 4 heteroatoms. The van der Waals surface area contributed by atoms with E-state index in [1.165, 1.54) is 0 Å². The highest BCUT2D eigenvalue weighted by Crippen LogP contribution is 2.29. The fourth-order valence-electron chi connectivity index (χ4n) is 1.75. The molecule has 0 rings (SSSR count). The third kappa shape index (κ3) is 3.19. The van der Waals surface area contributed by atoms with Crippen LogP contribution in [0, 0.1) is 0 Å². The molecule has 0 N–H and O–H groups in total. The smallest absolute Gasteiger partial charge is 0.347 e. The van der Waals surface area contributed by atoms with E-state index in [1.807, 2.05) is 6.92 Å². The SMILES string of the molecule is CCCCC(C=O)[Si](CC)(OC)OC. The molecular weight excluding hydrogens is 196 g/mol. The molecule has 0 saturated heterocycles. The lowest BCUT2D eigenvalue weighted by Crippen LogP contribution is -2.45. The van der Waals surface area contributed by atoms with Crippen LogP contribution < -0.4 is 0 Å². The zero-order valence-electron chi connectivity index (χ0n) is 9.71. The van der Waals surface area contributed by atoms with E-state index in [2.05, 4.69) is 6.92 Å². The second-order valence-electron chi connectivity index (χ2n) is 3.46. The molecule has 0 bridgehead atoms. The highest BCUT2D eigenvalue weighted by molar-refractivity contribution is 6.71. The van der Waals surface area contributed by atoms with Crippen molar-refractivity contribution in [2.24, 2.45) is 0 Å². The Morgan fingerprint density at radius 1 is 1.29 bits per heavy atom. The molecule has 0 saturated carbocycles. The molecule has 84 valence electrons. The summed E-state index contributed by atoms with van der Waals surface area (Å²) in [6.45, 7) is 4.15. The van der Waals surface area contributed by atoms with Gasteiger partial charge in [0.15, 0.2) is 0 Å². The molecular formula is C10H22O3Si. The van der Waals surface area contributed by atoms with Crippen LogP contribution >= 0.6 is 0 Å². The van der Waals surface area contributed by atoms with Crippen molar-refractivity contribution < 1.29 is 13.6 Å². The van der Waals surface area contributed by atoms with Gasteiger partial charge in [0.05, 0.1) is 5.54 Å². The topological polar surface area (TPSA) is 35.5 Å². The van der Waals surface area contributed by atoms with Crippen LogP contribution in [0.5, 0.6) is 0 Å². The Hall–Kier alpha value is -0.193. The zero-order valence-corrected chi connectivity index (χ0v) is 10.7. The number of carbonyl (C=O) groups is 1. The second-order valence-corrected chi connectivity index (χ2v) is 7.35. The van der Waals surface area contributed by atoms with Crippen molar-refractivity contribution in [1.29, 1.82) is 0 Å². The quantitative estimate of drug-likeness (QED) is 0.464. The van der Waals surface area contributed by atoms with Crippen molar-refractivity contribution in [2.45, 2.75) is 44.7 Å². The van der Waals surface area contributed by atoms with Gasteiger partial charge in [-0.3, -0.25) is 0 Å². The number of hydrogen-bond acceptors (Lipinski definition) is 3. The summed E-state index contributed by atoms with van der Waals surface area (Å²) in [5.74, 6) is 0. The highest BCUT2D eigenvalue weighted by Gasteiger charge is 2.42. The van der Waals surface area contributed by atoms with Crippen molar-refractivity contribution in [2.75, 3.05) is 14.2 Å². The molecule has 3 nitrogen and oxygen atoms in total. The van der Waals surface area contributed by atoms with Crippen molar-refractivity contribution in [3.05, 3.63) is 0 Å². The molecule has 1 unspecified atom stereocenters. The Morgan fingerprint density at radius 3 is 2.14 bits per heavy atom. The van der Waals surface area contributed by atoms with Crippen LogP contribution in [0.15, 0.2) is 0 Å². The summed E-state index contributed by atoms with van der Waals surface area (Å²) in [6, 6.07) is 0.827. The van der Waals surface area contributed by atoms with Crippen LogP contribution in [0.4, 0.5) is 0 Å². The molecule has 14 heavy (non-hydrogen) atoms. The molecule has 0 heterocycles. The fourth-order valence-corrected chi connectivity index (χ4v) is 4.48. The lowest BCUT2D eigenvalue weighted by molar-refractivity contribution is -0.108. The van der Waals surface area contributed by atoms with Gasteiger partial charge in [0.1, 0.15) is 6.29 Å². The summed E-state index contributed by atoms with van der Waals surface area (Å²) in [5, 5.41) is 0. The molecule has 0 spiro atoms. The molecule has 0 aliphatic heterocycles. The van der Waals surface area contributed by atoms with Gasteiger partial charge < -0.3 is 13.6 Å². The molecule has 0 radical (unpaired) electrons. The molecule has 0 fully saturated rings. The van der Waals surface area contributed by atoms with Crippen LogP contribution in [-0.2, 0) is 13.6 Å². The van der Waals surface area contributed by atoms with Gasteiger partial charge in [-0.2, -0.15) is 0 Å². The van der Waals surface area contributed by atoms with Crippen LogP contribution in [0.25, 0.3) is 0 Å². The van der Waals surface area contributed by atoms with Crippen LogP contribution in [0.3, 0.4) is 0 Å². The van der Waals surface area contributed by atoms with E-state index in [0.29, 0.717) is 0 Å². The Morgan fingerprint density at radius 2 is 1.86 bits per heavy atom. The minimum absolute atomic E-state index is 0.0255. The summed E-state index contributed by atoms with van der Waals surface area (Å²) in [5.41, 5.74) is -0.0255. The van der Waals surface area contributed by atoms with Crippen molar-refractivity contribution >= 4 is 14.8 Å². The Balaban J connectivity index is 4.48.